The van der Waals surface area contributed by atoms with Crippen LogP contribution in [0.15, 0.2) is 18.2 Å². The van der Waals surface area contributed by atoms with Crippen LogP contribution in [0.3, 0.4) is 0 Å². The number of amides is 2. The van der Waals surface area contributed by atoms with Crippen molar-refractivity contribution in [2.24, 2.45) is 0 Å². The van der Waals surface area contributed by atoms with Gasteiger partial charge in [0.25, 0.3) is 0 Å². The molecule has 1 aromatic carbocycles. The summed E-state index contributed by atoms with van der Waals surface area (Å²) in [5.41, 5.74) is -0.938. The lowest BCUT2D eigenvalue weighted by molar-refractivity contribution is -0.137. The third kappa shape index (κ3) is 5.85. The summed E-state index contributed by atoms with van der Waals surface area (Å²) >= 11 is 5.82. The zero-order valence-electron chi connectivity index (χ0n) is 13.0. The van der Waals surface area contributed by atoms with Crippen LogP contribution in [-0.4, -0.2) is 50.3 Å². The monoisotopic (exact) mass is 365 g/mol. The average molecular weight is 366 g/mol. The van der Waals surface area contributed by atoms with E-state index in [1.165, 1.54) is 0 Å². The molecule has 0 atom stereocenters. The number of carbonyl (C=O) groups is 1. The Balaban J connectivity index is 1.77. The van der Waals surface area contributed by atoms with E-state index in [2.05, 4.69) is 15.5 Å². The fourth-order valence-corrected chi connectivity index (χ4v) is 2.46. The largest absolute Gasteiger partial charge is 0.416 e. The van der Waals surface area contributed by atoms with Crippen LogP contribution in [-0.2, 0) is 10.9 Å². The number of nitrogens with one attached hydrogen (secondary N) is 2. The highest BCUT2D eigenvalue weighted by molar-refractivity contribution is 6.33. The van der Waals surface area contributed by atoms with Crippen LogP contribution in [0.4, 0.5) is 23.7 Å². The van der Waals surface area contributed by atoms with Crippen LogP contribution in [0.2, 0.25) is 5.02 Å². The highest BCUT2D eigenvalue weighted by Gasteiger charge is 2.31. The number of carbonyl (C=O) groups excluding carboxylic acids is 1. The van der Waals surface area contributed by atoms with Crippen molar-refractivity contribution in [3.8, 4) is 0 Å². The van der Waals surface area contributed by atoms with Gasteiger partial charge in [0.15, 0.2) is 0 Å². The third-order valence-electron chi connectivity index (χ3n) is 3.58. The molecule has 0 aromatic heterocycles. The van der Waals surface area contributed by atoms with Crippen molar-refractivity contribution in [3.05, 3.63) is 28.8 Å². The first-order valence-corrected chi connectivity index (χ1v) is 7.96. The van der Waals surface area contributed by atoms with Crippen molar-refractivity contribution < 1.29 is 22.7 Å². The zero-order valence-corrected chi connectivity index (χ0v) is 13.7. The van der Waals surface area contributed by atoms with E-state index in [-0.39, 0.29) is 10.7 Å². The molecular weight excluding hydrogens is 347 g/mol. The molecule has 0 spiro atoms. The third-order valence-corrected chi connectivity index (χ3v) is 3.91. The number of urea groups is 1. The molecular formula is C15H19ClF3N3O2. The Bertz CT molecular complexity index is 563. The SMILES string of the molecule is O=C(NCCCN1CCOCC1)Nc1cc(C(F)(F)F)ccc1Cl. The minimum Gasteiger partial charge on any atom is -0.379 e. The topological polar surface area (TPSA) is 53.6 Å². The summed E-state index contributed by atoms with van der Waals surface area (Å²) in [6.07, 6.45) is -3.75. The highest BCUT2D eigenvalue weighted by Crippen LogP contribution is 2.33. The zero-order chi connectivity index (χ0) is 17.6. The number of halogens is 4. The summed E-state index contributed by atoms with van der Waals surface area (Å²) in [6.45, 7) is 4.40. The molecule has 2 N–H and O–H groups in total. The number of rotatable bonds is 5. The lowest BCUT2D eigenvalue weighted by Crippen LogP contribution is -2.38. The molecule has 2 amide bonds. The molecule has 9 heteroatoms. The number of morpholine rings is 1. The molecule has 1 aromatic rings. The van der Waals surface area contributed by atoms with Crippen LogP contribution in [0.1, 0.15) is 12.0 Å². The molecule has 2 rings (SSSR count). The summed E-state index contributed by atoms with van der Waals surface area (Å²) in [5, 5.41) is 5.00. The number of hydrogen-bond donors (Lipinski definition) is 2. The van der Waals surface area contributed by atoms with E-state index in [1.54, 1.807) is 0 Å². The van der Waals surface area contributed by atoms with Gasteiger partial charge in [-0.15, -0.1) is 0 Å². The Kier molecular flexibility index (Phi) is 6.70. The van der Waals surface area contributed by atoms with Crippen LogP contribution in [0.25, 0.3) is 0 Å². The second kappa shape index (κ2) is 8.55. The van der Waals surface area contributed by atoms with Gasteiger partial charge in [-0.1, -0.05) is 11.6 Å². The van der Waals surface area contributed by atoms with E-state index in [1.807, 2.05) is 0 Å². The van der Waals surface area contributed by atoms with E-state index in [0.29, 0.717) is 19.8 Å². The molecule has 0 bridgehead atoms. The van der Waals surface area contributed by atoms with Crippen molar-refractivity contribution in [1.29, 1.82) is 0 Å². The average Bonchev–Trinajstić information content (AvgIpc) is 2.53. The van der Waals surface area contributed by atoms with Gasteiger partial charge in [0.2, 0.25) is 0 Å². The minimum absolute atomic E-state index is 0.0477. The Morgan fingerprint density at radius 2 is 2.00 bits per heavy atom. The van der Waals surface area contributed by atoms with Gasteiger partial charge in [0.1, 0.15) is 0 Å². The number of nitrogens with zero attached hydrogens (tertiary/aromatic N) is 1. The first-order valence-electron chi connectivity index (χ1n) is 7.58. The van der Waals surface area contributed by atoms with Gasteiger partial charge in [0, 0.05) is 19.6 Å². The van der Waals surface area contributed by atoms with Gasteiger partial charge in [-0.25, -0.2) is 4.79 Å². The van der Waals surface area contributed by atoms with Gasteiger partial charge in [0.05, 0.1) is 29.5 Å². The van der Waals surface area contributed by atoms with E-state index < -0.39 is 17.8 Å². The van der Waals surface area contributed by atoms with Crippen LogP contribution >= 0.6 is 11.6 Å². The Hall–Kier alpha value is -1.51. The molecule has 1 saturated heterocycles. The molecule has 5 nitrogen and oxygen atoms in total. The van der Waals surface area contributed by atoms with Gasteiger partial charge in [-0.3, -0.25) is 4.90 Å². The predicted octanol–water partition coefficient (Wildman–Crippen LogP) is 3.20. The number of benzene rings is 1. The summed E-state index contributed by atoms with van der Waals surface area (Å²) in [5.74, 6) is 0. The normalized spacial score (nSPS) is 16.0. The smallest absolute Gasteiger partial charge is 0.379 e. The molecule has 1 heterocycles. The van der Waals surface area contributed by atoms with E-state index >= 15 is 0 Å². The van der Waals surface area contributed by atoms with E-state index in [0.717, 1.165) is 44.3 Å². The fourth-order valence-electron chi connectivity index (χ4n) is 2.29. The Morgan fingerprint density at radius 3 is 2.67 bits per heavy atom. The first-order chi connectivity index (χ1) is 11.4. The second-order valence-electron chi connectivity index (χ2n) is 5.38. The fraction of sp³-hybridized carbons (Fsp3) is 0.533. The lowest BCUT2D eigenvalue weighted by Gasteiger charge is -2.26. The van der Waals surface area contributed by atoms with Crippen LogP contribution < -0.4 is 10.6 Å². The molecule has 1 fully saturated rings. The van der Waals surface area contributed by atoms with E-state index in [4.69, 9.17) is 16.3 Å². The van der Waals surface area contributed by atoms with Gasteiger partial charge in [-0.2, -0.15) is 13.2 Å². The highest BCUT2D eigenvalue weighted by atomic mass is 35.5. The molecule has 1 aliphatic heterocycles. The van der Waals surface area contributed by atoms with Gasteiger partial charge in [-0.05, 0) is 31.2 Å². The number of anilines is 1. The summed E-state index contributed by atoms with van der Waals surface area (Å²) < 4.78 is 43.3. The quantitative estimate of drug-likeness (QED) is 0.788. The minimum atomic E-state index is -4.49. The Morgan fingerprint density at radius 1 is 1.29 bits per heavy atom. The molecule has 24 heavy (non-hydrogen) atoms. The molecule has 0 unspecified atom stereocenters. The van der Waals surface area contributed by atoms with E-state index in [9.17, 15) is 18.0 Å². The summed E-state index contributed by atoms with van der Waals surface area (Å²) in [4.78, 5) is 14.0. The maximum atomic E-state index is 12.7. The molecule has 134 valence electrons. The van der Waals surface area contributed by atoms with Crippen molar-refractivity contribution in [1.82, 2.24) is 10.2 Å². The number of ether oxygens (including phenoxy) is 1. The summed E-state index contributed by atoms with van der Waals surface area (Å²) in [6, 6.07) is 2.21. The molecule has 0 aliphatic carbocycles. The lowest BCUT2D eigenvalue weighted by atomic mass is 10.2. The van der Waals surface area contributed by atoms with Gasteiger partial charge >= 0.3 is 12.2 Å². The predicted molar refractivity (Wildman–Crippen MR) is 85.4 cm³/mol. The molecule has 1 aliphatic rings. The van der Waals surface area contributed by atoms with Crippen molar-refractivity contribution >= 4 is 23.3 Å². The standard InChI is InChI=1S/C15H19ClF3N3O2/c16-12-3-2-11(15(17,18)19)10-13(12)21-14(23)20-4-1-5-22-6-8-24-9-7-22/h2-3,10H,1,4-9H2,(H2,20,21,23). The maximum Gasteiger partial charge on any atom is 0.416 e. The van der Waals surface area contributed by atoms with Crippen LogP contribution in [0.5, 0.6) is 0 Å². The molecule has 0 radical (unpaired) electrons. The number of alkyl halides is 3. The summed E-state index contributed by atoms with van der Waals surface area (Å²) in [7, 11) is 0. The van der Waals surface area contributed by atoms with Crippen molar-refractivity contribution in [2.45, 2.75) is 12.6 Å². The van der Waals surface area contributed by atoms with Crippen molar-refractivity contribution in [3.63, 3.8) is 0 Å². The second-order valence-corrected chi connectivity index (χ2v) is 5.79. The molecule has 0 saturated carbocycles. The number of hydrogen-bond acceptors (Lipinski definition) is 3. The van der Waals surface area contributed by atoms with Gasteiger partial charge < -0.3 is 15.4 Å². The van der Waals surface area contributed by atoms with Crippen LogP contribution in [0, 0.1) is 0 Å². The first kappa shape index (κ1) is 18.8. The van der Waals surface area contributed by atoms with Crippen molar-refractivity contribution in [2.75, 3.05) is 44.7 Å². The maximum absolute atomic E-state index is 12.7. The Labute approximate surface area is 143 Å².